The summed E-state index contributed by atoms with van der Waals surface area (Å²) in [4.78, 5) is 25.3. The van der Waals surface area contributed by atoms with E-state index in [2.05, 4.69) is 0 Å². The van der Waals surface area contributed by atoms with E-state index < -0.39 is 35.7 Å². The summed E-state index contributed by atoms with van der Waals surface area (Å²) in [5.74, 6) is -6.51. The van der Waals surface area contributed by atoms with Crippen molar-refractivity contribution in [2.75, 3.05) is 7.11 Å². The molecule has 0 aromatic heterocycles. The number of aliphatic hydroxyl groups excluding tert-OH is 1. The number of methoxy groups -OCH3 is 1. The van der Waals surface area contributed by atoms with Crippen LogP contribution in [-0.4, -0.2) is 58.0 Å². The van der Waals surface area contributed by atoms with Crippen LogP contribution < -0.4 is 4.74 Å². The van der Waals surface area contributed by atoms with Crippen molar-refractivity contribution in [2.45, 2.75) is 57.4 Å². The topological polar surface area (TPSA) is 96.3 Å². The van der Waals surface area contributed by atoms with Crippen molar-refractivity contribution in [2.24, 2.45) is 0 Å². The van der Waals surface area contributed by atoms with Crippen LogP contribution in [0.3, 0.4) is 0 Å². The fourth-order valence-electron chi connectivity index (χ4n) is 3.23. The van der Waals surface area contributed by atoms with E-state index in [1.807, 2.05) is 0 Å². The minimum Gasteiger partial charge on any atom is -0.497 e. The number of hydrogen-bond acceptors (Lipinski definition) is 5. The minimum absolute atomic E-state index is 0.239. The van der Waals surface area contributed by atoms with Gasteiger partial charge in [-0.1, -0.05) is 35.9 Å². The third kappa shape index (κ3) is 7.30. The molecule has 2 unspecified atom stereocenters. The number of carbonyl (C=O) groups is 2. The molecule has 2 aromatic rings. The van der Waals surface area contributed by atoms with Gasteiger partial charge in [0.05, 0.1) is 13.2 Å². The molecule has 0 aliphatic rings. The number of amides is 1. The van der Waals surface area contributed by atoms with Crippen LogP contribution in [0, 0.1) is 0 Å². The van der Waals surface area contributed by atoms with Gasteiger partial charge < -0.3 is 19.7 Å². The average Bonchev–Trinajstić information content (AvgIpc) is 2.74. The molecular formula is C24H28ClF2NO6. The first-order chi connectivity index (χ1) is 15.7. The number of aliphatic hydroxyl groups is 1. The van der Waals surface area contributed by atoms with Gasteiger partial charge in [-0.15, -0.1) is 0 Å². The molecule has 2 N–H and O–H groups in total. The molecular weight excluding hydrogens is 472 g/mol. The molecule has 7 nitrogen and oxygen atoms in total. The zero-order chi connectivity index (χ0) is 25.7. The van der Waals surface area contributed by atoms with Crippen LogP contribution in [0.1, 0.15) is 31.9 Å². The van der Waals surface area contributed by atoms with Gasteiger partial charge in [-0.3, -0.25) is 4.90 Å². The van der Waals surface area contributed by atoms with Gasteiger partial charge in [-0.05, 0) is 62.6 Å². The van der Waals surface area contributed by atoms with Crippen LogP contribution in [0.25, 0.3) is 0 Å². The molecule has 0 spiro atoms. The summed E-state index contributed by atoms with van der Waals surface area (Å²) < 4.78 is 39.5. The van der Waals surface area contributed by atoms with E-state index in [1.54, 1.807) is 63.2 Å². The number of carboxylic acid groups (broad SMARTS) is 1. The van der Waals surface area contributed by atoms with Crippen LogP contribution in [0.4, 0.5) is 13.6 Å². The second-order valence-corrected chi connectivity index (χ2v) is 9.17. The molecule has 0 saturated heterocycles. The van der Waals surface area contributed by atoms with Crippen molar-refractivity contribution >= 4 is 23.7 Å². The smallest absolute Gasteiger partial charge is 0.410 e. The van der Waals surface area contributed by atoms with Gasteiger partial charge in [0, 0.05) is 11.6 Å². The first-order valence-corrected chi connectivity index (χ1v) is 10.8. The summed E-state index contributed by atoms with van der Waals surface area (Å²) in [5, 5.41) is 19.9. The largest absolute Gasteiger partial charge is 0.497 e. The molecule has 0 radical (unpaired) electrons. The monoisotopic (exact) mass is 499 g/mol. The molecule has 2 rings (SSSR count). The average molecular weight is 500 g/mol. The molecule has 1 amide bonds. The van der Waals surface area contributed by atoms with Crippen molar-refractivity contribution in [3.63, 3.8) is 0 Å². The highest BCUT2D eigenvalue weighted by Gasteiger charge is 2.53. The summed E-state index contributed by atoms with van der Waals surface area (Å²) in [6, 6.07) is 11.0. The Morgan fingerprint density at radius 2 is 1.71 bits per heavy atom. The normalized spacial score (nSPS) is 13.6. The second-order valence-electron chi connectivity index (χ2n) is 8.73. The first kappa shape index (κ1) is 27.3. The molecule has 0 fully saturated rings. The Labute approximate surface area is 201 Å². The van der Waals surface area contributed by atoms with Gasteiger partial charge >= 0.3 is 18.0 Å². The van der Waals surface area contributed by atoms with Crippen molar-refractivity contribution in [3.05, 3.63) is 64.7 Å². The van der Waals surface area contributed by atoms with E-state index >= 15 is 0 Å². The number of aliphatic carboxylic acids is 1. The van der Waals surface area contributed by atoms with E-state index in [0.29, 0.717) is 21.9 Å². The first-order valence-electron chi connectivity index (χ1n) is 10.4. The van der Waals surface area contributed by atoms with Crippen LogP contribution >= 0.6 is 11.6 Å². The fraction of sp³-hybridized carbons (Fsp3) is 0.417. The minimum atomic E-state index is -4.54. The molecule has 0 aliphatic carbocycles. The lowest BCUT2D eigenvalue weighted by Crippen LogP contribution is -2.57. The predicted octanol–water partition coefficient (Wildman–Crippen LogP) is 4.78. The van der Waals surface area contributed by atoms with Gasteiger partial charge in [-0.2, -0.15) is 8.78 Å². The van der Waals surface area contributed by atoms with Crippen molar-refractivity contribution in [3.8, 4) is 5.75 Å². The Morgan fingerprint density at radius 3 is 2.21 bits per heavy atom. The van der Waals surface area contributed by atoms with Crippen LogP contribution in [-0.2, 0) is 22.5 Å². The lowest BCUT2D eigenvalue weighted by molar-refractivity contribution is -0.189. The third-order valence-electron chi connectivity index (χ3n) is 4.90. The number of nitrogens with zero attached hydrogens (tertiary/aromatic N) is 1. The predicted molar refractivity (Wildman–Crippen MR) is 122 cm³/mol. The van der Waals surface area contributed by atoms with Crippen molar-refractivity contribution in [1.82, 2.24) is 4.90 Å². The zero-order valence-corrected chi connectivity index (χ0v) is 20.1. The molecule has 186 valence electrons. The second kappa shape index (κ2) is 11.0. The highest BCUT2D eigenvalue weighted by atomic mass is 35.5. The van der Waals surface area contributed by atoms with Crippen molar-refractivity contribution in [1.29, 1.82) is 0 Å². The number of halogens is 3. The van der Waals surface area contributed by atoms with Crippen molar-refractivity contribution < 1.29 is 38.1 Å². The summed E-state index contributed by atoms with van der Waals surface area (Å²) in [6.07, 6.45) is -4.04. The van der Waals surface area contributed by atoms with Crippen LogP contribution in [0.15, 0.2) is 48.5 Å². The van der Waals surface area contributed by atoms with E-state index in [1.165, 1.54) is 13.2 Å². The molecule has 0 aliphatic heterocycles. The quantitative estimate of drug-likeness (QED) is 0.515. The number of hydrogen-bond donors (Lipinski definition) is 2. The van der Waals surface area contributed by atoms with Crippen LogP contribution in [0.2, 0.25) is 5.02 Å². The van der Waals surface area contributed by atoms with E-state index in [-0.39, 0.29) is 13.0 Å². The number of ether oxygens (including phenoxy) is 2. The molecule has 0 saturated carbocycles. The number of alkyl halides is 2. The lowest BCUT2D eigenvalue weighted by atomic mass is 9.95. The Balaban J connectivity index is 2.55. The van der Waals surface area contributed by atoms with E-state index in [0.717, 1.165) is 4.90 Å². The van der Waals surface area contributed by atoms with Gasteiger partial charge in [0.1, 0.15) is 17.5 Å². The molecule has 0 bridgehead atoms. The maximum absolute atomic E-state index is 14.5. The Bertz CT molecular complexity index is 994. The van der Waals surface area contributed by atoms with Crippen LogP contribution in [0.5, 0.6) is 5.75 Å². The highest BCUT2D eigenvalue weighted by molar-refractivity contribution is 6.30. The van der Waals surface area contributed by atoms with Gasteiger partial charge in [0.25, 0.3) is 0 Å². The number of benzene rings is 2. The molecule has 2 atom stereocenters. The summed E-state index contributed by atoms with van der Waals surface area (Å²) in [6.45, 7) is 4.57. The molecule has 34 heavy (non-hydrogen) atoms. The number of carbonyl (C=O) groups excluding carboxylic acids is 1. The van der Waals surface area contributed by atoms with Gasteiger partial charge in [-0.25, -0.2) is 9.59 Å². The number of rotatable bonds is 9. The lowest BCUT2D eigenvalue weighted by Gasteiger charge is -2.37. The standard InChI is InChI=1S/C24H28ClF2NO6/c1-23(2,3)34-22(32)28(14-15-8-10-18(33-4)11-9-15)19(20(29)24(26,27)21(30)31)13-16-6-5-7-17(25)12-16/h5-12,19-20,29H,13-14H2,1-4H3,(H,30,31). The summed E-state index contributed by atoms with van der Waals surface area (Å²) >= 11 is 6.01. The van der Waals surface area contributed by atoms with Gasteiger partial charge in [0.15, 0.2) is 0 Å². The Hall–Kier alpha value is -2.91. The summed E-state index contributed by atoms with van der Waals surface area (Å²) in [5.41, 5.74) is -0.0366. The Morgan fingerprint density at radius 1 is 1.09 bits per heavy atom. The van der Waals surface area contributed by atoms with E-state index in [9.17, 15) is 23.5 Å². The third-order valence-corrected chi connectivity index (χ3v) is 5.13. The maximum Gasteiger partial charge on any atom is 0.410 e. The zero-order valence-electron chi connectivity index (χ0n) is 19.3. The fourth-order valence-corrected chi connectivity index (χ4v) is 3.44. The van der Waals surface area contributed by atoms with E-state index in [4.69, 9.17) is 26.2 Å². The Kier molecular flexibility index (Phi) is 8.85. The maximum atomic E-state index is 14.5. The van der Waals surface area contributed by atoms with Gasteiger partial charge in [0.2, 0.25) is 0 Å². The number of carboxylic acids is 1. The summed E-state index contributed by atoms with van der Waals surface area (Å²) in [7, 11) is 1.48. The molecule has 0 heterocycles. The molecule has 2 aromatic carbocycles. The highest BCUT2D eigenvalue weighted by Crippen LogP contribution is 2.29. The molecule has 10 heteroatoms. The SMILES string of the molecule is COc1ccc(CN(C(=O)OC(C)(C)C)C(Cc2cccc(Cl)c2)C(O)C(F)(F)C(=O)O)cc1.